The van der Waals surface area contributed by atoms with Gasteiger partial charge in [-0.05, 0) is 22.9 Å². The van der Waals surface area contributed by atoms with Crippen LogP contribution in [0.3, 0.4) is 0 Å². The monoisotopic (exact) mass is 280 g/mol. The number of aryl methyl sites for hydroxylation is 1. The van der Waals surface area contributed by atoms with E-state index in [0.29, 0.717) is 5.92 Å². The molecule has 16 heavy (non-hydrogen) atoms. The Bertz CT molecular complexity index is 504. The topological polar surface area (TPSA) is 43.6 Å². The van der Waals surface area contributed by atoms with Gasteiger partial charge in [0.1, 0.15) is 5.82 Å². The second-order valence-electron chi connectivity index (χ2n) is 3.98. The predicted molar refractivity (Wildman–Crippen MR) is 65.7 cm³/mol. The van der Waals surface area contributed by atoms with Crippen LogP contribution in [0.25, 0.3) is 5.82 Å². The van der Waals surface area contributed by atoms with Gasteiger partial charge in [0.2, 0.25) is 0 Å². The summed E-state index contributed by atoms with van der Waals surface area (Å²) in [5.74, 6) is 1.97. The molecule has 0 radical (unpaired) electrons. The summed E-state index contributed by atoms with van der Waals surface area (Å²) in [5.41, 5.74) is 0.959. The summed E-state index contributed by atoms with van der Waals surface area (Å²) in [6.07, 6.45) is 3.62. The van der Waals surface area contributed by atoms with Gasteiger partial charge in [-0.2, -0.15) is 5.10 Å². The minimum atomic E-state index is 0.317. The van der Waals surface area contributed by atoms with Crippen molar-refractivity contribution in [2.24, 2.45) is 0 Å². The number of halogens is 1. The summed E-state index contributed by atoms with van der Waals surface area (Å²) in [5, 5.41) is 4.21. The van der Waals surface area contributed by atoms with E-state index in [0.717, 1.165) is 21.8 Å². The van der Waals surface area contributed by atoms with Crippen molar-refractivity contribution in [1.82, 2.24) is 19.7 Å². The first kappa shape index (κ1) is 11.3. The molecule has 0 spiro atoms. The fourth-order valence-electron chi connectivity index (χ4n) is 1.38. The van der Waals surface area contributed by atoms with Crippen molar-refractivity contribution in [2.45, 2.75) is 26.7 Å². The summed E-state index contributed by atoms with van der Waals surface area (Å²) in [6, 6.07) is 1.92. The molecule has 2 aromatic rings. The lowest BCUT2D eigenvalue weighted by Crippen LogP contribution is -2.05. The van der Waals surface area contributed by atoms with E-state index in [2.05, 4.69) is 44.8 Å². The van der Waals surface area contributed by atoms with Gasteiger partial charge < -0.3 is 0 Å². The third kappa shape index (κ3) is 2.29. The molecule has 2 aromatic heterocycles. The van der Waals surface area contributed by atoms with E-state index < -0.39 is 0 Å². The van der Waals surface area contributed by atoms with Crippen LogP contribution in [0.2, 0.25) is 0 Å². The van der Waals surface area contributed by atoms with Crippen LogP contribution in [0, 0.1) is 6.92 Å². The molecule has 0 aliphatic rings. The summed E-state index contributed by atoms with van der Waals surface area (Å²) >= 11 is 3.37. The van der Waals surface area contributed by atoms with Gasteiger partial charge in [-0.25, -0.2) is 14.6 Å². The van der Waals surface area contributed by atoms with Crippen LogP contribution >= 0.6 is 15.9 Å². The van der Waals surface area contributed by atoms with E-state index in [-0.39, 0.29) is 0 Å². The lowest BCUT2D eigenvalue weighted by molar-refractivity contribution is 0.738. The van der Waals surface area contributed by atoms with E-state index >= 15 is 0 Å². The Hall–Kier alpha value is -1.23. The minimum Gasteiger partial charge on any atom is -0.238 e. The average molecular weight is 281 g/mol. The number of rotatable bonds is 2. The zero-order valence-electron chi connectivity index (χ0n) is 9.48. The van der Waals surface area contributed by atoms with Crippen LogP contribution in [0.5, 0.6) is 0 Å². The fourth-order valence-corrected chi connectivity index (χ4v) is 1.66. The van der Waals surface area contributed by atoms with Gasteiger partial charge in [0.05, 0.1) is 10.7 Å². The van der Waals surface area contributed by atoms with Crippen molar-refractivity contribution in [2.75, 3.05) is 0 Å². The van der Waals surface area contributed by atoms with Crippen molar-refractivity contribution < 1.29 is 0 Å². The quantitative estimate of drug-likeness (QED) is 0.850. The Balaban J connectivity index is 2.49. The maximum Gasteiger partial charge on any atom is 0.157 e. The molecular formula is C11H13BrN4. The zero-order valence-corrected chi connectivity index (χ0v) is 11.1. The molecule has 0 saturated heterocycles. The Kier molecular flexibility index (Phi) is 3.05. The summed E-state index contributed by atoms with van der Waals surface area (Å²) in [6.45, 7) is 6.13. The molecule has 0 saturated carbocycles. The molecule has 0 aromatic carbocycles. The Morgan fingerprint density at radius 1 is 1.31 bits per heavy atom. The van der Waals surface area contributed by atoms with E-state index in [1.807, 2.05) is 19.2 Å². The molecule has 0 amide bonds. The molecule has 2 heterocycles. The highest BCUT2D eigenvalue weighted by molar-refractivity contribution is 9.10. The molecule has 0 unspecified atom stereocenters. The maximum absolute atomic E-state index is 4.49. The number of hydrogen-bond acceptors (Lipinski definition) is 3. The van der Waals surface area contributed by atoms with Crippen molar-refractivity contribution in [3.05, 3.63) is 34.5 Å². The molecule has 84 valence electrons. The van der Waals surface area contributed by atoms with Gasteiger partial charge in [-0.15, -0.1) is 0 Å². The highest BCUT2D eigenvalue weighted by Gasteiger charge is 2.08. The summed E-state index contributed by atoms with van der Waals surface area (Å²) in [7, 11) is 0. The molecular weight excluding hydrogens is 268 g/mol. The smallest absolute Gasteiger partial charge is 0.157 e. The van der Waals surface area contributed by atoms with Crippen LogP contribution in [0.4, 0.5) is 0 Å². The van der Waals surface area contributed by atoms with Gasteiger partial charge >= 0.3 is 0 Å². The van der Waals surface area contributed by atoms with Crippen molar-refractivity contribution in [1.29, 1.82) is 0 Å². The lowest BCUT2D eigenvalue weighted by Gasteiger charge is -2.07. The number of hydrogen-bond donors (Lipinski definition) is 0. The second kappa shape index (κ2) is 4.33. The van der Waals surface area contributed by atoms with Crippen LogP contribution < -0.4 is 0 Å². The molecule has 0 bridgehead atoms. The van der Waals surface area contributed by atoms with Crippen LogP contribution in [-0.2, 0) is 0 Å². The van der Waals surface area contributed by atoms with E-state index in [1.165, 1.54) is 0 Å². The van der Waals surface area contributed by atoms with Crippen molar-refractivity contribution >= 4 is 15.9 Å². The highest BCUT2D eigenvalue weighted by Crippen LogP contribution is 2.15. The molecule has 0 fully saturated rings. The lowest BCUT2D eigenvalue weighted by atomic mass is 10.2. The largest absolute Gasteiger partial charge is 0.238 e. The summed E-state index contributed by atoms with van der Waals surface area (Å²) < 4.78 is 2.68. The van der Waals surface area contributed by atoms with Gasteiger partial charge in [-0.3, -0.25) is 0 Å². The number of nitrogens with zero attached hydrogens (tertiary/aromatic N) is 4. The predicted octanol–water partition coefficient (Wildman–Crippen LogP) is 2.86. The van der Waals surface area contributed by atoms with E-state index in [9.17, 15) is 0 Å². The standard InChI is InChI=1S/C11H13BrN4/c1-7(2)11-14-8(3)4-10(15-11)16-6-9(12)5-13-16/h4-7H,1-3H3. The molecule has 2 rings (SSSR count). The molecule has 0 aliphatic heterocycles. The molecule has 0 N–H and O–H groups in total. The first-order valence-electron chi connectivity index (χ1n) is 5.12. The van der Waals surface area contributed by atoms with Crippen LogP contribution in [0.1, 0.15) is 31.3 Å². The average Bonchev–Trinajstić information content (AvgIpc) is 2.64. The Morgan fingerprint density at radius 3 is 2.62 bits per heavy atom. The third-order valence-electron chi connectivity index (χ3n) is 2.16. The van der Waals surface area contributed by atoms with Gasteiger partial charge in [0, 0.05) is 23.9 Å². The first-order valence-corrected chi connectivity index (χ1v) is 5.91. The van der Waals surface area contributed by atoms with Crippen molar-refractivity contribution in [3.8, 4) is 5.82 Å². The van der Waals surface area contributed by atoms with Gasteiger partial charge in [0.15, 0.2) is 5.82 Å². The van der Waals surface area contributed by atoms with Gasteiger partial charge in [0.25, 0.3) is 0 Å². The SMILES string of the molecule is Cc1cc(-n2cc(Br)cn2)nc(C(C)C)n1. The summed E-state index contributed by atoms with van der Waals surface area (Å²) in [4.78, 5) is 8.89. The zero-order chi connectivity index (χ0) is 11.7. The Morgan fingerprint density at radius 2 is 2.06 bits per heavy atom. The van der Waals surface area contributed by atoms with Crippen molar-refractivity contribution in [3.63, 3.8) is 0 Å². The van der Waals surface area contributed by atoms with E-state index in [1.54, 1.807) is 10.9 Å². The third-order valence-corrected chi connectivity index (χ3v) is 2.57. The van der Waals surface area contributed by atoms with E-state index in [4.69, 9.17) is 0 Å². The fraction of sp³-hybridized carbons (Fsp3) is 0.364. The maximum atomic E-state index is 4.49. The normalized spacial score (nSPS) is 11.1. The molecule has 5 heteroatoms. The van der Waals surface area contributed by atoms with Crippen LogP contribution in [0.15, 0.2) is 22.9 Å². The van der Waals surface area contributed by atoms with Crippen LogP contribution in [-0.4, -0.2) is 19.7 Å². The Labute approximate surface area is 103 Å². The molecule has 0 aliphatic carbocycles. The minimum absolute atomic E-state index is 0.317. The van der Waals surface area contributed by atoms with Gasteiger partial charge in [-0.1, -0.05) is 13.8 Å². The molecule has 0 atom stereocenters. The molecule has 4 nitrogen and oxygen atoms in total. The first-order chi connectivity index (χ1) is 7.56. The second-order valence-corrected chi connectivity index (χ2v) is 4.90. The highest BCUT2D eigenvalue weighted by atomic mass is 79.9. The number of aromatic nitrogens is 4.